The van der Waals surface area contributed by atoms with Crippen molar-refractivity contribution in [2.75, 3.05) is 5.32 Å². The molecular weight excluding hydrogens is 382 g/mol. The molecule has 23 heavy (non-hydrogen) atoms. The van der Waals surface area contributed by atoms with Gasteiger partial charge in [0.1, 0.15) is 16.3 Å². The van der Waals surface area contributed by atoms with Gasteiger partial charge in [-0.05, 0) is 60.5 Å². The Bertz CT molecular complexity index is 782. The zero-order valence-electron chi connectivity index (χ0n) is 12.8. The van der Waals surface area contributed by atoms with Crippen LogP contribution in [0, 0.1) is 0 Å². The summed E-state index contributed by atoms with van der Waals surface area (Å²) in [6.45, 7) is 5.45. The maximum absolute atomic E-state index is 11.8. The van der Waals surface area contributed by atoms with E-state index in [2.05, 4.69) is 31.7 Å². The van der Waals surface area contributed by atoms with E-state index < -0.39 is 11.7 Å². The summed E-state index contributed by atoms with van der Waals surface area (Å²) in [4.78, 5) is 21.6. The number of hydroxylamine groups is 1. The van der Waals surface area contributed by atoms with Gasteiger partial charge in [0.25, 0.3) is 0 Å². The smallest absolute Gasteiger partial charge is 0.413 e. The van der Waals surface area contributed by atoms with Crippen LogP contribution in [0.2, 0.25) is 0 Å². The second-order valence-electron chi connectivity index (χ2n) is 6.03. The number of hydrogen-bond donors (Lipinski definition) is 2. The molecular formula is C15H16BrN3O3S. The highest BCUT2D eigenvalue weighted by molar-refractivity contribution is 9.11. The molecule has 122 valence electrons. The van der Waals surface area contributed by atoms with Crippen molar-refractivity contribution in [3.8, 4) is 0 Å². The van der Waals surface area contributed by atoms with Gasteiger partial charge >= 0.3 is 6.09 Å². The fourth-order valence-corrected chi connectivity index (χ4v) is 3.28. The third-order valence-corrected chi connectivity index (χ3v) is 4.29. The third-order valence-electron chi connectivity index (χ3n) is 2.93. The Morgan fingerprint density at radius 3 is 2.91 bits per heavy atom. The van der Waals surface area contributed by atoms with Gasteiger partial charge in [0.15, 0.2) is 5.13 Å². The standard InChI is InChI=1S/C15H16BrN3O3S/c1-15(2,3)21-14(20)18-13-17-9-5-4-8(6-11(9)23-13)10-7-12(16)19-22-10/h4-7,10,19H,1-3H3,(H,17,18,20). The maximum Gasteiger partial charge on any atom is 0.413 e. The van der Waals surface area contributed by atoms with Crippen LogP contribution in [0.4, 0.5) is 9.93 Å². The molecule has 3 rings (SSSR count). The van der Waals surface area contributed by atoms with Crippen LogP contribution < -0.4 is 10.8 Å². The molecule has 1 amide bonds. The Kier molecular flexibility index (Phi) is 4.31. The molecule has 1 aliphatic rings. The summed E-state index contributed by atoms with van der Waals surface area (Å²) >= 11 is 4.73. The van der Waals surface area contributed by atoms with Crippen LogP contribution in [-0.2, 0) is 9.57 Å². The van der Waals surface area contributed by atoms with Crippen molar-refractivity contribution in [1.82, 2.24) is 10.5 Å². The number of nitrogens with zero attached hydrogens (tertiary/aromatic N) is 1. The van der Waals surface area contributed by atoms with Gasteiger partial charge in [-0.1, -0.05) is 17.4 Å². The van der Waals surface area contributed by atoms with Gasteiger partial charge in [-0.15, -0.1) is 0 Å². The predicted molar refractivity (Wildman–Crippen MR) is 93.4 cm³/mol. The van der Waals surface area contributed by atoms with Crippen molar-refractivity contribution < 1.29 is 14.4 Å². The molecule has 1 atom stereocenters. The number of carbonyl (C=O) groups is 1. The van der Waals surface area contributed by atoms with E-state index in [1.54, 1.807) is 0 Å². The summed E-state index contributed by atoms with van der Waals surface area (Å²) in [6.07, 6.45) is 1.27. The minimum Gasteiger partial charge on any atom is -0.444 e. The number of halogens is 1. The normalized spacial score (nSPS) is 17.7. The van der Waals surface area contributed by atoms with Crippen molar-refractivity contribution in [3.05, 3.63) is 34.4 Å². The van der Waals surface area contributed by atoms with Gasteiger partial charge < -0.3 is 4.74 Å². The zero-order chi connectivity index (χ0) is 16.6. The molecule has 8 heteroatoms. The number of nitrogens with one attached hydrogen (secondary N) is 2. The average Bonchev–Trinajstić information content (AvgIpc) is 3.00. The monoisotopic (exact) mass is 397 g/mol. The number of anilines is 1. The van der Waals surface area contributed by atoms with Gasteiger partial charge in [0.2, 0.25) is 0 Å². The number of amides is 1. The Hall–Kier alpha value is -1.64. The van der Waals surface area contributed by atoms with Crippen molar-refractivity contribution in [2.24, 2.45) is 0 Å². The topological polar surface area (TPSA) is 72.5 Å². The van der Waals surface area contributed by atoms with Crippen LogP contribution >= 0.6 is 27.3 Å². The number of aromatic nitrogens is 1. The molecule has 1 aliphatic heterocycles. The molecule has 0 saturated carbocycles. The van der Waals surface area contributed by atoms with E-state index in [9.17, 15) is 4.79 Å². The van der Waals surface area contributed by atoms with E-state index in [4.69, 9.17) is 9.57 Å². The van der Waals surface area contributed by atoms with Gasteiger partial charge in [0.05, 0.1) is 10.2 Å². The molecule has 2 heterocycles. The SMILES string of the molecule is CC(C)(C)OC(=O)Nc1nc2ccc(C3C=C(Br)NO3)cc2s1. The molecule has 0 bridgehead atoms. The van der Waals surface area contributed by atoms with Crippen LogP contribution in [0.15, 0.2) is 28.9 Å². The Morgan fingerprint density at radius 2 is 2.26 bits per heavy atom. The van der Waals surface area contributed by atoms with Gasteiger partial charge in [-0.2, -0.15) is 0 Å². The van der Waals surface area contributed by atoms with E-state index in [1.807, 2.05) is 45.0 Å². The Labute approximate surface area is 146 Å². The highest BCUT2D eigenvalue weighted by Gasteiger charge is 2.19. The molecule has 1 unspecified atom stereocenters. The van der Waals surface area contributed by atoms with Gasteiger partial charge in [-0.3, -0.25) is 15.6 Å². The number of rotatable bonds is 2. The third kappa shape index (κ3) is 4.01. The second kappa shape index (κ2) is 6.10. The minimum atomic E-state index is -0.541. The van der Waals surface area contributed by atoms with Crippen molar-refractivity contribution in [3.63, 3.8) is 0 Å². The van der Waals surface area contributed by atoms with Gasteiger partial charge in [-0.25, -0.2) is 9.78 Å². The predicted octanol–water partition coefficient (Wildman–Crippen LogP) is 4.46. The fraction of sp³-hybridized carbons (Fsp3) is 0.333. The first-order valence-electron chi connectivity index (χ1n) is 7.00. The lowest BCUT2D eigenvalue weighted by Crippen LogP contribution is -2.27. The molecule has 1 aromatic carbocycles. The lowest BCUT2D eigenvalue weighted by molar-refractivity contribution is 0.0459. The number of ether oxygens (including phenoxy) is 1. The second-order valence-corrected chi connectivity index (χ2v) is 7.91. The molecule has 2 N–H and O–H groups in total. The zero-order valence-corrected chi connectivity index (χ0v) is 15.2. The fourth-order valence-electron chi connectivity index (χ4n) is 2.05. The number of thiazole rings is 1. The summed E-state index contributed by atoms with van der Waals surface area (Å²) in [5.74, 6) is 0. The molecule has 0 saturated heterocycles. The van der Waals surface area contributed by atoms with E-state index in [-0.39, 0.29) is 6.10 Å². The Morgan fingerprint density at radius 1 is 1.48 bits per heavy atom. The molecule has 0 fully saturated rings. The number of carbonyl (C=O) groups excluding carboxylic acids is 1. The molecule has 2 aromatic rings. The first-order chi connectivity index (χ1) is 10.8. The van der Waals surface area contributed by atoms with E-state index >= 15 is 0 Å². The molecule has 0 spiro atoms. The van der Waals surface area contributed by atoms with Crippen LogP contribution in [0.25, 0.3) is 10.2 Å². The molecule has 0 radical (unpaired) electrons. The maximum atomic E-state index is 11.8. The number of fused-ring (bicyclic) bond motifs is 1. The highest BCUT2D eigenvalue weighted by Crippen LogP contribution is 2.32. The highest BCUT2D eigenvalue weighted by atomic mass is 79.9. The first kappa shape index (κ1) is 16.2. The number of hydrogen-bond acceptors (Lipinski definition) is 6. The van der Waals surface area contributed by atoms with Crippen molar-refractivity contribution in [2.45, 2.75) is 32.5 Å². The summed E-state index contributed by atoms with van der Waals surface area (Å²) in [7, 11) is 0. The summed E-state index contributed by atoms with van der Waals surface area (Å²) < 4.78 is 7.00. The minimum absolute atomic E-state index is 0.154. The van der Waals surface area contributed by atoms with Crippen LogP contribution in [0.1, 0.15) is 32.4 Å². The van der Waals surface area contributed by atoms with Crippen LogP contribution in [0.3, 0.4) is 0 Å². The Balaban J connectivity index is 1.78. The molecule has 0 aliphatic carbocycles. The lowest BCUT2D eigenvalue weighted by atomic mass is 10.1. The first-order valence-corrected chi connectivity index (χ1v) is 8.60. The summed E-state index contributed by atoms with van der Waals surface area (Å²) in [5, 5.41) is 3.18. The average molecular weight is 398 g/mol. The van der Waals surface area contributed by atoms with Crippen LogP contribution in [0.5, 0.6) is 0 Å². The van der Waals surface area contributed by atoms with E-state index in [0.29, 0.717) is 5.13 Å². The molecule has 1 aromatic heterocycles. The molecule has 6 nitrogen and oxygen atoms in total. The van der Waals surface area contributed by atoms with E-state index in [0.717, 1.165) is 20.4 Å². The quantitative estimate of drug-likeness (QED) is 0.731. The largest absolute Gasteiger partial charge is 0.444 e. The van der Waals surface area contributed by atoms with Crippen molar-refractivity contribution in [1.29, 1.82) is 0 Å². The number of benzene rings is 1. The van der Waals surface area contributed by atoms with Crippen molar-refractivity contribution >= 4 is 48.7 Å². The summed E-state index contributed by atoms with van der Waals surface area (Å²) in [5.41, 5.74) is 4.04. The van der Waals surface area contributed by atoms with Gasteiger partial charge in [0, 0.05) is 0 Å². The summed E-state index contributed by atoms with van der Waals surface area (Å²) in [6, 6.07) is 5.86. The lowest BCUT2D eigenvalue weighted by Gasteiger charge is -2.18. The van der Waals surface area contributed by atoms with E-state index in [1.165, 1.54) is 11.3 Å². The van der Waals surface area contributed by atoms with Crippen LogP contribution in [-0.4, -0.2) is 16.7 Å².